The Kier molecular flexibility index (Phi) is 7.18. The number of fused-ring (bicyclic) bond motifs is 1. The van der Waals surface area contributed by atoms with Crippen molar-refractivity contribution in [2.45, 2.75) is 58.2 Å². The predicted molar refractivity (Wildman–Crippen MR) is 94.5 cm³/mol. The van der Waals surface area contributed by atoms with Gasteiger partial charge in [0.2, 0.25) is 5.76 Å². The molecule has 2 aliphatic rings. The second-order valence-corrected chi connectivity index (χ2v) is 6.35. The van der Waals surface area contributed by atoms with E-state index in [4.69, 9.17) is 28.4 Å². The molecule has 0 bridgehead atoms. The third kappa shape index (κ3) is 5.69. The molecule has 2 unspecified atom stereocenters. The highest BCUT2D eigenvalue weighted by molar-refractivity contribution is 5.87. The van der Waals surface area contributed by atoms with Crippen LogP contribution in [0.3, 0.4) is 0 Å². The number of nitrogens with zero attached hydrogens (tertiary/aromatic N) is 1. The predicted octanol–water partition coefficient (Wildman–Crippen LogP) is 0.0544. The fraction of sp³-hybridized carbons (Fsp3) is 0.611. The second kappa shape index (κ2) is 9.39. The first-order valence-corrected chi connectivity index (χ1v) is 8.78. The van der Waals surface area contributed by atoms with E-state index >= 15 is 0 Å². The molecule has 2 rings (SSSR count). The number of hydrogen-bond donors (Lipinski definition) is 0. The summed E-state index contributed by atoms with van der Waals surface area (Å²) >= 11 is 0. The minimum Gasteiger partial charge on any atom is -0.477 e. The molecule has 11 nitrogen and oxygen atoms in total. The van der Waals surface area contributed by atoms with Crippen molar-refractivity contribution in [3.63, 3.8) is 0 Å². The van der Waals surface area contributed by atoms with Crippen molar-refractivity contribution >= 4 is 29.8 Å². The van der Waals surface area contributed by atoms with Gasteiger partial charge in [-0.2, -0.15) is 0 Å². The number of hydrogen-bond acceptors (Lipinski definition) is 11. The first-order valence-electron chi connectivity index (χ1n) is 8.78. The Hall–Kier alpha value is -3.11. The molecule has 160 valence electrons. The summed E-state index contributed by atoms with van der Waals surface area (Å²) in [4.78, 5) is 50.9. The topological polar surface area (TPSA) is 136 Å². The lowest BCUT2D eigenvalue weighted by molar-refractivity contribution is -0.187. The van der Waals surface area contributed by atoms with Crippen molar-refractivity contribution in [2.24, 2.45) is 4.99 Å². The van der Waals surface area contributed by atoms with Crippen LogP contribution in [-0.4, -0.2) is 73.9 Å². The zero-order chi connectivity index (χ0) is 21.7. The zero-order valence-electron chi connectivity index (χ0n) is 16.7. The van der Waals surface area contributed by atoms with Crippen LogP contribution in [0, 0.1) is 0 Å². The van der Waals surface area contributed by atoms with Crippen LogP contribution in [0.4, 0.5) is 0 Å². The molecular formula is C18H23NO10. The molecule has 5 atom stereocenters. The Labute approximate surface area is 166 Å². The second-order valence-electron chi connectivity index (χ2n) is 6.35. The molecule has 0 amide bonds. The molecule has 0 aliphatic carbocycles. The molecule has 0 fully saturated rings. The first-order chi connectivity index (χ1) is 13.6. The Morgan fingerprint density at radius 2 is 1.72 bits per heavy atom. The number of methoxy groups -OCH3 is 1. The van der Waals surface area contributed by atoms with Gasteiger partial charge in [0.15, 0.2) is 24.2 Å². The van der Waals surface area contributed by atoms with E-state index in [2.05, 4.69) is 4.99 Å². The van der Waals surface area contributed by atoms with Gasteiger partial charge in [-0.05, 0) is 0 Å². The van der Waals surface area contributed by atoms with Gasteiger partial charge in [-0.3, -0.25) is 14.4 Å². The Morgan fingerprint density at radius 3 is 2.28 bits per heavy atom. The fourth-order valence-corrected chi connectivity index (χ4v) is 3.01. The summed E-state index contributed by atoms with van der Waals surface area (Å²) in [6.45, 7) is 4.70. The van der Waals surface area contributed by atoms with E-state index in [0.29, 0.717) is 5.90 Å². The van der Waals surface area contributed by atoms with Crippen molar-refractivity contribution < 1.29 is 47.6 Å². The van der Waals surface area contributed by atoms with Crippen molar-refractivity contribution in [3.05, 3.63) is 11.8 Å². The smallest absolute Gasteiger partial charge is 0.373 e. The highest BCUT2D eigenvalue weighted by atomic mass is 16.6. The Balaban J connectivity index is 2.42. The summed E-state index contributed by atoms with van der Waals surface area (Å²) in [5.41, 5.74) is 0. The number of carbonyl (C=O) groups excluding carboxylic acids is 4. The molecular weight excluding hydrogens is 390 g/mol. The average molecular weight is 413 g/mol. The summed E-state index contributed by atoms with van der Waals surface area (Å²) in [6.07, 6.45) is -2.83. The monoisotopic (exact) mass is 413 g/mol. The molecule has 2 aliphatic heterocycles. The van der Waals surface area contributed by atoms with Gasteiger partial charge in [0.1, 0.15) is 18.8 Å². The summed E-state index contributed by atoms with van der Waals surface area (Å²) in [5, 5.41) is 0. The molecule has 0 spiro atoms. The first kappa shape index (κ1) is 22.2. The van der Waals surface area contributed by atoms with E-state index in [1.807, 2.05) is 0 Å². The third-order valence-electron chi connectivity index (χ3n) is 4.04. The highest BCUT2D eigenvalue weighted by Gasteiger charge is 2.50. The molecule has 0 saturated carbocycles. The lowest BCUT2D eigenvalue weighted by Gasteiger charge is -2.37. The molecule has 11 heteroatoms. The third-order valence-corrected chi connectivity index (χ3v) is 4.04. The van der Waals surface area contributed by atoms with Gasteiger partial charge in [-0.15, -0.1) is 0 Å². The summed E-state index contributed by atoms with van der Waals surface area (Å²) < 4.78 is 31.5. The van der Waals surface area contributed by atoms with E-state index in [-0.39, 0.29) is 5.76 Å². The Morgan fingerprint density at radius 1 is 1.07 bits per heavy atom. The van der Waals surface area contributed by atoms with Crippen LogP contribution in [0.25, 0.3) is 0 Å². The minimum atomic E-state index is -1.25. The van der Waals surface area contributed by atoms with Crippen LogP contribution >= 0.6 is 0 Å². The number of aliphatic imine (C=N–C) groups is 1. The molecule has 0 radical (unpaired) electrons. The number of esters is 4. The van der Waals surface area contributed by atoms with Crippen LogP contribution in [0.5, 0.6) is 0 Å². The van der Waals surface area contributed by atoms with Crippen molar-refractivity contribution in [1.82, 2.24) is 0 Å². The zero-order valence-corrected chi connectivity index (χ0v) is 16.7. The van der Waals surface area contributed by atoms with Gasteiger partial charge in [0.05, 0.1) is 7.11 Å². The van der Waals surface area contributed by atoms with Crippen molar-refractivity contribution in [2.75, 3.05) is 13.7 Å². The van der Waals surface area contributed by atoms with Crippen LogP contribution in [-0.2, 0) is 47.6 Å². The van der Waals surface area contributed by atoms with Crippen LogP contribution < -0.4 is 0 Å². The molecule has 0 saturated heterocycles. The van der Waals surface area contributed by atoms with Crippen molar-refractivity contribution in [1.29, 1.82) is 0 Å². The SMILES string of the molecule is COC(=O)C1=CC2OC(C)=N[C@H]2C([C@H](OC(C)=O)[C@@H](COC(C)=O)OC(C)=O)O1. The number of rotatable bonds is 7. The Bertz CT molecular complexity index is 743. The standard InChI is InChI=1S/C18H23NO10/c1-8-19-15-12(26-8)6-13(18(23)24-5)29-17(15)16(28-11(4)22)14(27-10(3)21)7-25-9(2)20/h6,12,14-17H,7H2,1-5H3/t12?,14-,15-,16-,17?/m1/s1. The van der Waals surface area contributed by atoms with E-state index < -0.39 is 60.9 Å². The van der Waals surface area contributed by atoms with Gasteiger partial charge >= 0.3 is 23.9 Å². The van der Waals surface area contributed by atoms with Gasteiger partial charge in [-0.1, -0.05) is 0 Å². The molecule has 29 heavy (non-hydrogen) atoms. The summed E-state index contributed by atoms with van der Waals surface area (Å²) in [7, 11) is 1.18. The van der Waals surface area contributed by atoms with E-state index in [1.165, 1.54) is 20.1 Å². The van der Waals surface area contributed by atoms with E-state index in [9.17, 15) is 19.2 Å². The lowest BCUT2D eigenvalue weighted by Crippen LogP contribution is -2.54. The average Bonchev–Trinajstić information content (AvgIpc) is 3.01. The van der Waals surface area contributed by atoms with Gasteiger partial charge in [-0.25, -0.2) is 9.79 Å². The van der Waals surface area contributed by atoms with E-state index in [0.717, 1.165) is 13.8 Å². The van der Waals surface area contributed by atoms with Gasteiger partial charge < -0.3 is 28.4 Å². The molecule has 0 aromatic carbocycles. The number of carbonyl (C=O) groups is 4. The maximum Gasteiger partial charge on any atom is 0.373 e. The lowest BCUT2D eigenvalue weighted by atomic mass is 9.94. The highest BCUT2D eigenvalue weighted by Crippen LogP contribution is 2.32. The largest absolute Gasteiger partial charge is 0.477 e. The molecule has 0 aromatic rings. The van der Waals surface area contributed by atoms with Gasteiger partial charge in [0.25, 0.3) is 0 Å². The quantitative estimate of drug-likeness (QED) is 0.416. The van der Waals surface area contributed by atoms with Gasteiger partial charge in [0, 0.05) is 33.8 Å². The normalized spacial score (nSPS) is 24.4. The van der Waals surface area contributed by atoms with Crippen molar-refractivity contribution in [3.8, 4) is 0 Å². The minimum absolute atomic E-state index is 0.171. The molecule has 2 heterocycles. The molecule has 0 N–H and O–H groups in total. The molecule has 0 aromatic heterocycles. The van der Waals surface area contributed by atoms with Crippen LogP contribution in [0.1, 0.15) is 27.7 Å². The van der Waals surface area contributed by atoms with Crippen LogP contribution in [0.15, 0.2) is 16.8 Å². The van der Waals surface area contributed by atoms with Crippen LogP contribution in [0.2, 0.25) is 0 Å². The maximum absolute atomic E-state index is 12.0. The maximum atomic E-state index is 12.0. The fourth-order valence-electron chi connectivity index (χ4n) is 3.01. The summed E-state index contributed by atoms with van der Waals surface area (Å²) in [6, 6.07) is -0.705. The summed E-state index contributed by atoms with van der Waals surface area (Å²) in [5.74, 6) is -2.63. The van der Waals surface area contributed by atoms with E-state index in [1.54, 1.807) is 6.92 Å². The number of ether oxygens (including phenoxy) is 6.